The Hall–Kier alpha value is -0.0138. The van der Waals surface area contributed by atoms with E-state index in [0.29, 0.717) is 0 Å². The Balaban J connectivity index is 0. The molecular weight excluding hydrogens is 144 g/mol. The minimum atomic E-state index is 0. The summed E-state index contributed by atoms with van der Waals surface area (Å²) >= 11 is 0. The molecule has 0 amide bonds. The van der Waals surface area contributed by atoms with Crippen LogP contribution in [0, 0.1) is 34.3 Å². The molecule has 11 heavy (non-hydrogen) atoms. The maximum atomic E-state index is 3.17. The van der Waals surface area contributed by atoms with E-state index >= 15 is 0 Å². The summed E-state index contributed by atoms with van der Waals surface area (Å²) in [5.41, 5.74) is 3.87. The molecular formula is C10H14Mg. The molecule has 0 saturated heterocycles. The van der Waals surface area contributed by atoms with Crippen LogP contribution >= 0.6 is 0 Å². The van der Waals surface area contributed by atoms with Gasteiger partial charge < -0.3 is 7.43 Å². The first-order valence-corrected chi connectivity index (χ1v) is 3.15. The van der Waals surface area contributed by atoms with Crippen LogP contribution in [0.3, 0.4) is 0 Å². The van der Waals surface area contributed by atoms with Crippen LogP contribution in [0.5, 0.6) is 0 Å². The van der Waals surface area contributed by atoms with Crippen molar-refractivity contribution < 1.29 is 0 Å². The second-order valence-electron chi connectivity index (χ2n) is 2.49. The van der Waals surface area contributed by atoms with Gasteiger partial charge in [0.25, 0.3) is 0 Å². The summed E-state index contributed by atoms with van der Waals surface area (Å²) in [6.45, 7) is 6.27. The van der Waals surface area contributed by atoms with Crippen LogP contribution in [-0.4, -0.2) is 23.1 Å². The Morgan fingerprint density at radius 1 is 1.18 bits per heavy atom. The fraction of sp³-hybridized carbons (Fsp3) is 0.300. The maximum absolute atomic E-state index is 3.17. The van der Waals surface area contributed by atoms with Gasteiger partial charge in [0.1, 0.15) is 0 Å². The standard InChI is InChI=1S/C9H11.CH3.Mg/c1-7-4-5-8(2)9(3)6-7;;/h4,6H,1-3H3;1H3;/q2*-1;+2. The van der Waals surface area contributed by atoms with Crippen LogP contribution in [0.4, 0.5) is 0 Å². The zero-order valence-electron chi connectivity index (χ0n) is 7.86. The third-order valence-corrected chi connectivity index (χ3v) is 1.55. The molecule has 0 radical (unpaired) electrons. The van der Waals surface area contributed by atoms with Crippen molar-refractivity contribution >= 4 is 23.1 Å². The average Bonchev–Trinajstić information content (AvgIpc) is 1.80. The van der Waals surface area contributed by atoms with Crippen molar-refractivity contribution in [2.75, 3.05) is 0 Å². The molecule has 0 saturated carbocycles. The summed E-state index contributed by atoms with van der Waals surface area (Å²) in [6.07, 6.45) is 0. The third kappa shape index (κ3) is 3.78. The zero-order valence-corrected chi connectivity index (χ0v) is 9.28. The van der Waals surface area contributed by atoms with Crippen molar-refractivity contribution in [3.8, 4) is 0 Å². The molecule has 0 aliphatic rings. The van der Waals surface area contributed by atoms with Gasteiger partial charge in [-0.15, -0.1) is 0 Å². The molecule has 0 N–H and O–H groups in total. The number of hydrogen-bond donors (Lipinski definition) is 0. The van der Waals surface area contributed by atoms with Gasteiger partial charge in [-0.2, -0.15) is 34.9 Å². The minimum Gasteiger partial charge on any atom is -0.358 e. The van der Waals surface area contributed by atoms with Crippen molar-refractivity contribution in [2.24, 2.45) is 0 Å². The first-order chi connectivity index (χ1) is 4.20. The van der Waals surface area contributed by atoms with Gasteiger partial charge in [-0.05, 0) is 0 Å². The van der Waals surface area contributed by atoms with Crippen molar-refractivity contribution in [3.05, 3.63) is 42.3 Å². The predicted octanol–water partition coefficient (Wildman–Crippen LogP) is 2.48. The van der Waals surface area contributed by atoms with Gasteiger partial charge >= 0.3 is 23.1 Å². The van der Waals surface area contributed by atoms with E-state index in [1.807, 2.05) is 6.07 Å². The molecule has 1 aromatic rings. The average molecular weight is 159 g/mol. The number of benzene rings is 1. The van der Waals surface area contributed by atoms with Crippen LogP contribution in [0.2, 0.25) is 0 Å². The van der Waals surface area contributed by atoms with Crippen molar-refractivity contribution in [2.45, 2.75) is 20.8 Å². The van der Waals surface area contributed by atoms with E-state index in [-0.39, 0.29) is 30.5 Å². The van der Waals surface area contributed by atoms with E-state index in [1.54, 1.807) is 0 Å². The van der Waals surface area contributed by atoms with E-state index < -0.39 is 0 Å². The molecule has 0 aliphatic carbocycles. The summed E-state index contributed by atoms with van der Waals surface area (Å²) in [5, 5.41) is 0. The normalized spacial score (nSPS) is 7.91. The smallest absolute Gasteiger partial charge is 0.358 e. The molecule has 0 unspecified atom stereocenters. The van der Waals surface area contributed by atoms with Gasteiger partial charge in [-0.25, -0.2) is 0 Å². The van der Waals surface area contributed by atoms with Crippen molar-refractivity contribution in [1.82, 2.24) is 0 Å². The van der Waals surface area contributed by atoms with Crippen LogP contribution in [-0.2, 0) is 0 Å². The molecule has 0 fully saturated rings. The van der Waals surface area contributed by atoms with Gasteiger partial charge in [-0.3, -0.25) is 0 Å². The fourth-order valence-corrected chi connectivity index (χ4v) is 0.827. The fourth-order valence-electron chi connectivity index (χ4n) is 0.827. The zero-order chi connectivity index (χ0) is 6.85. The summed E-state index contributed by atoms with van der Waals surface area (Å²) in [7, 11) is 0. The van der Waals surface area contributed by atoms with Gasteiger partial charge in [-0.1, -0.05) is 20.8 Å². The molecule has 0 heterocycles. The number of rotatable bonds is 0. The first kappa shape index (κ1) is 13.6. The Bertz CT molecular complexity index is 216. The number of hydrogen-bond acceptors (Lipinski definition) is 0. The molecule has 56 valence electrons. The molecule has 0 atom stereocenters. The van der Waals surface area contributed by atoms with E-state index in [0.717, 1.165) is 0 Å². The Morgan fingerprint density at radius 2 is 1.73 bits per heavy atom. The summed E-state index contributed by atoms with van der Waals surface area (Å²) in [4.78, 5) is 0. The largest absolute Gasteiger partial charge is 2.00 e. The van der Waals surface area contributed by atoms with E-state index in [9.17, 15) is 0 Å². The Labute approximate surface area is 86.2 Å². The Kier molecular flexibility index (Phi) is 6.92. The quantitative estimate of drug-likeness (QED) is 0.402. The minimum absolute atomic E-state index is 0. The molecule has 0 nitrogen and oxygen atoms in total. The monoisotopic (exact) mass is 158 g/mol. The van der Waals surface area contributed by atoms with Crippen LogP contribution < -0.4 is 0 Å². The summed E-state index contributed by atoms with van der Waals surface area (Å²) in [6, 6.07) is 7.36. The second kappa shape index (κ2) is 5.61. The molecule has 1 aromatic carbocycles. The van der Waals surface area contributed by atoms with Crippen molar-refractivity contribution in [1.29, 1.82) is 0 Å². The van der Waals surface area contributed by atoms with Crippen LogP contribution in [0.25, 0.3) is 0 Å². The first-order valence-electron chi connectivity index (χ1n) is 3.15. The van der Waals surface area contributed by atoms with Gasteiger partial charge in [0.2, 0.25) is 0 Å². The van der Waals surface area contributed by atoms with Gasteiger partial charge in [0, 0.05) is 0 Å². The molecule has 0 aromatic heterocycles. The van der Waals surface area contributed by atoms with Crippen LogP contribution in [0.1, 0.15) is 16.7 Å². The van der Waals surface area contributed by atoms with Crippen molar-refractivity contribution in [3.63, 3.8) is 0 Å². The topological polar surface area (TPSA) is 0 Å². The SMILES string of the molecule is Cc1c[c-]c(C)c(C)c1.[CH3-].[Mg+2]. The second-order valence-corrected chi connectivity index (χ2v) is 2.49. The van der Waals surface area contributed by atoms with E-state index in [4.69, 9.17) is 0 Å². The van der Waals surface area contributed by atoms with Gasteiger partial charge in [0.15, 0.2) is 0 Å². The van der Waals surface area contributed by atoms with Gasteiger partial charge in [0.05, 0.1) is 0 Å². The van der Waals surface area contributed by atoms with Crippen LogP contribution in [0.15, 0.2) is 12.1 Å². The molecule has 1 heteroatoms. The predicted molar refractivity (Wildman–Crippen MR) is 51.7 cm³/mol. The third-order valence-electron chi connectivity index (χ3n) is 1.55. The summed E-state index contributed by atoms with van der Waals surface area (Å²) < 4.78 is 0. The molecule has 0 bridgehead atoms. The molecule has 1 rings (SSSR count). The van der Waals surface area contributed by atoms with E-state index in [2.05, 4.69) is 32.9 Å². The molecule has 0 spiro atoms. The summed E-state index contributed by atoms with van der Waals surface area (Å²) in [5.74, 6) is 0. The Morgan fingerprint density at radius 3 is 2.09 bits per heavy atom. The van der Waals surface area contributed by atoms with E-state index in [1.165, 1.54) is 16.7 Å². The number of aryl methyl sites for hydroxylation is 3. The maximum Gasteiger partial charge on any atom is 2.00 e. The molecule has 0 aliphatic heterocycles.